The topological polar surface area (TPSA) is 78.9 Å². The number of ether oxygens (including phenoxy) is 1. The van der Waals surface area contributed by atoms with Crippen LogP contribution in [0.1, 0.15) is 33.1 Å². The van der Waals surface area contributed by atoms with E-state index in [-0.39, 0.29) is 31.2 Å². The molecule has 1 unspecified atom stereocenters. The molecule has 1 aliphatic heterocycles. The van der Waals surface area contributed by atoms with Crippen molar-refractivity contribution in [1.29, 1.82) is 0 Å². The number of rotatable bonds is 7. The molecule has 1 atom stereocenters. The van der Waals surface area contributed by atoms with E-state index in [0.717, 1.165) is 32.4 Å². The van der Waals surface area contributed by atoms with Crippen LogP contribution in [0.25, 0.3) is 0 Å². The van der Waals surface area contributed by atoms with E-state index >= 15 is 0 Å². The fraction of sp³-hybridized carbons (Fsp3) is 0.846. The smallest absolute Gasteiger partial charge is 0.323 e. The number of carboxylic acids is 1. The third-order valence-electron chi connectivity index (χ3n) is 3.48. The minimum absolute atomic E-state index is 0.0255. The van der Waals surface area contributed by atoms with Gasteiger partial charge in [-0.25, -0.2) is 0 Å². The van der Waals surface area contributed by atoms with E-state index in [1.165, 1.54) is 4.90 Å². The monoisotopic (exact) mass is 272 g/mol. The molecule has 6 nitrogen and oxygen atoms in total. The molecule has 0 radical (unpaired) electrons. The van der Waals surface area contributed by atoms with Crippen molar-refractivity contribution in [3.8, 4) is 0 Å². The maximum absolute atomic E-state index is 12.0. The zero-order valence-corrected chi connectivity index (χ0v) is 11.7. The van der Waals surface area contributed by atoms with Gasteiger partial charge in [-0.1, -0.05) is 6.92 Å². The predicted molar refractivity (Wildman–Crippen MR) is 70.9 cm³/mol. The van der Waals surface area contributed by atoms with Gasteiger partial charge >= 0.3 is 5.97 Å². The summed E-state index contributed by atoms with van der Waals surface area (Å²) in [5, 5.41) is 12.1. The van der Waals surface area contributed by atoms with E-state index in [1.54, 1.807) is 0 Å². The van der Waals surface area contributed by atoms with Crippen LogP contribution >= 0.6 is 0 Å². The van der Waals surface area contributed by atoms with Crippen LogP contribution in [0.4, 0.5) is 0 Å². The lowest BCUT2D eigenvalue weighted by Gasteiger charge is -2.28. The van der Waals surface area contributed by atoms with E-state index in [0.29, 0.717) is 0 Å². The average molecular weight is 272 g/mol. The zero-order valence-electron chi connectivity index (χ0n) is 11.7. The van der Waals surface area contributed by atoms with Crippen LogP contribution in [0.15, 0.2) is 0 Å². The van der Waals surface area contributed by atoms with Crippen molar-refractivity contribution in [1.82, 2.24) is 10.2 Å². The van der Waals surface area contributed by atoms with E-state index in [9.17, 15) is 9.59 Å². The molecule has 2 N–H and O–H groups in total. The number of carbonyl (C=O) groups is 2. The first-order chi connectivity index (χ1) is 9.04. The Morgan fingerprint density at radius 2 is 2.05 bits per heavy atom. The Bertz CT molecular complexity index is 303. The molecule has 1 aliphatic rings. The van der Waals surface area contributed by atoms with E-state index < -0.39 is 5.97 Å². The van der Waals surface area contributed by atoms with Crippen LogP contribution in [-0.2, 0) is 14.3 Å². The number of hydrogen-bond acceptors (Lipinski definition) is 4. The number of nitrogens with one attached hydrogen (secondary N) is 1. The highest BCUT2D eigenvalue weighted by Gasteiger charge is 2.23. The molecule has 0 aromatic heterocycles. The Hall–Kier alpha value is -1.14. The van der Waals surface area contributed by atoms with Crippen molar-refractivity contribution in [2.24, 2.45) is 0 Å². The minimum Gasteiger partial charge on any atom is -0.480 e. The number of aliphatic carboxylic acids is 1. The van der Waals surface area contributed by atoms with Crippen molar-refractivity contribution in [2.75, 3.05) is 26.2 Å². The van der Waals surface area contributed by atoms with Gasteiger partial charge in [0.2, 0.25) is 5.91 Å². The minimum atomic E-state index is -0.990. The normalized spacial score (nSPS) is 18.0. The standard InChI is InChI=1S/C13H24N2O4/c1-3-10(2)15(8-13(17)18)12(16)9-19-11-4-6-14-7-5-11/h10-11,14H,3-9H2,1-2H3,(H,17,18). The molecule has 1 rings (SSSR count). The molecule has 0 bridgehead atoms. The Balaban J connectivity index is 2.43. The van der Waals surface area contributed by atoms with Gasteiger partial charge in [0, 0.05) is 6.04 Å². The third-order valence-corrected chi connectivity index (χ3v) is 3.48. The molecule has 1 fully saturated rings. The van der Waals surface area contributed by atoms with Gasteiger partial charge in [-0.3, -0.25) is 9.59 Å². The van der Waals surface area contributed by atoms with Crippen LogP contribution in [-0.4, -0.2) is 60.3 Å². The second-order valence-electron chi connectivity index (χ2n) is 4.93. The van der Waals surface area contributed by atoms with Crippen LogP contribution in [0.3, 0.4) is 0 Å². The highest BCUT2D eigenvalue weighted by Crippen LogP contribution is 2.09. The first-order valence-electron chi connectivity index (χ1n) is 6.88. The molecule has 1 amide bonds. The Morgan fingerprint density at radius 3 is 2.58 bits per heavy atom. The first kappa shape index (κ1) is 15.9. The fourth-order valence-corrected chi connectivity index (χ4v) is 2.09. The summed E-state index contributed by atoms with van der Waals surface area (Å²) in [6, 6.07) is -0.0831. The summed E-state index contributed by atoms with van der Waals surface area (Å²) in [6.07, 6.45) is 2.63. The third kappa shape index (κ3) is 5.57. The summed E-state index contributed by atoms with van der Waals surface area (Å²) < 4.78 is 5.58. The summed E-state index contributed by atoms with van der Waals surface area (Å²) in [6.45, 7) is 5.31. The van der Waals surface area contributed by atoms with E-state index in [1.807, 2.05) is 13.8 Å². The second-order valence-corrected chi connectivity index (χ2v) is 4.93. The Kier molecular flexibility index (Phi) is 6.80. The van der Waals surface area contributed by atoms with Gasteiger partial charge in [-0.2, -0.15) is 0 Å². The molecule has 1 heterocycles. The van der Waals surface area contributed by atoms with Crippen LogP contribution in [0, 0.1) is 0 Å². The average Bonchev–Trinajstić information content (AvgIpc) is 2.42. The summed E-state index contributed by atoms with van der Waals surface area (Å²) in [4.78, 5) is 24.2. The highest BCUT2D eigenvalue weighted by atomic mass is 16.5. The van der Waals surface area contributed by atoms with Gasteiger partial charge < -0.3 is 20.1 Å². The maximum atomic E-state index is 12.0. The SMILES string of the molecule is CCC(C)N(CC(=O)O)C(=O)COC1CCNCC1. The number of carbonyl (C=O) groups excluding carboxylic acids is 1. The van der Waals surface area contributed by atoms with Crippen molar-refractivity contribution >= 4 is 11.9 Å². The first-order valence-corrected chi connectivity index (χ1v) is 6.88. The summed E-state index contributed by atoms with van der Waals surface area (Å²) in [7, 11) is 0. The largest absolute Gasteiger partial charge is 0.480 e. The lowest BCUT2D eigenvalue weighted by Crippen LogP contribution is -2.44. The predicted octanol–water partition coefficient (Wildman–Crippen LogP) is 0.467. The van der Waals surface area contributed by atoms with E-state index in [2.05, 4.69) is 5.32 Å². The molecule has 110 valence electrons. The highest BCUT2D eigenvalue weighted by molar-refractivity contribution is 5.82. The summed E-state index contributed by atoms with van der Waals surface area (Å²) in [5.41, 5.74) is 0. The van der Waals surface area contributed by atoms with Gasteiger partial charge in [0.15, 0.2) is 0 Å². The quantitative estimate of drug-likeness (QED) is 0.704. The summed E-state index contributed by atoms with van der Waals surface area (Å²) in [5.74, 6) is -1.23. The molecule has 0 aliphatic carbocycles. The molecular formula is C13H24N2O4. The maximum Gasteiger partial charge on any atom is 0.323 e. The number of hydrogen-bond donors (Lipinski definition) is 2. The van der Waals surface area contributed by atoms with Crippen molar-refractivity contribution in [3.63, 3.8) is 0 Å². The molecule has 0 saturated carbocycles. The van der Waals surface area contributed by atoms with Gasteiger partial charge in [-0.15, -0.1) is 0 Å². The van der Waals surface area contributed by atoms with Crippen LogP contribution in [0.2, 0.25) is 0 Å². The lowest BCUT2D eigenvalue weighted by molar-refractivity contribution is -0.149. The summed E-state index contributed by atoms with van der Waals surface area (Å²) >= 11 is 0. The van der Waals surface area contributed by atoms with Crippen LogP contribution < -0.4 is 5.32 Å². The second kappa shape index (κ2) is 8.12. The van der Waals surface area contributed by atoms with Crippen molar-refractivity contribution in [3.05, 3.63) is 0 Å². The number of carboxylic acid groups (broad SMARTS) is 1. The molecule has 0 aromatic carbocycles. The fourth-order valence-electron chi connectivity index (χ4n) is 2.09. The number of nitrogens with zero attached hydrogens (tertiary/aromatic N) is 1. The Labute approximate surface area is 114 Å². The number of piperidine rings is 1. The van der Waals surface area contributed by atoms with Gasteiger partial charge in [0.1, 0.15) is 13.2 Å². The van der Waals surface area contributed by atoms with Crippen LogP contribution in [0.5, 0.6) is 0 Å². The molecule has 0 aromatic rings. The molecule has 1 saturated heterocycles. The Morgan fingerprint density at radius 1 is 1.42 bits per heavy atom. The van der Waals surface area contributed by atoms with Gasteiger partial charge in [0.05, 0.1) is 6.10 Å². The molecule has 19 heavy (non-hydrogen) atoms. The van der Waals surface area contributed by atoms with Gasteiger partial charge in [-0.05, 0) is 39.3 Å². The van der Waals surface area contributed by atoms with Gasteiger partial charge in [0.25, 0.3) is 0 Å². The van der Waals surface area contributed by atoms with Crippen molar-refractivity contribution in [2.45, 2.75) is 45.3 Å². The molecular weight excluding hydrogens is 248 g/mol. The zero-order chi connectivity index (χ0) is 14.3. The van der Waals surface area contributed by atoms with Crippen molar-refractivity contribution < 1.29 is 19.4 Å². The number of amides is 1. The lowest BCUT2D eigenvalue weighted by atomic mass is 10.1. The van der Waals surface area contributed by atoms with E-state index in [4.69, 9.17) is 9.84 Å². The molecule has 0 spiro atoms. The molecule has 6 heteroatoms.